The molecule has 4 aliphatic rings. The first-order valence-electron chi connectivity index (χ1n) is 10.7. The van der Waals surface area contributed by atoms with Crippen molar-refractivity contribution in [1.82, 2.24) is 0 Å². The van der Waals surface area contributed by atoms with Crippen LogP contribution in [0.4, 0.5) is 0 Å². The Bertz CT molecular complexity index is 876. The van der Waals surface area contributed by atoms with E-state index >= 15 is 0 Å². The first kappa shape index (κ1) is 21.2. The van der Waals surface area contributed by atoms with E-state index in [1.807, 2.05) is 13.0 Å². The maximum atomic E-state index is 12.9. The predicted molar refractivity (Wildman–Crippen MR) is 107 cm³/mol. The molecule has 4 aliphatic carbocycles. The normalized spacial score (nSPS) is 44.5. The largest absolute Gasteiger partial charge is 0.381 e. The average molecular weight is 425 g/mol. The van der Waals surface area contributed by atoms with Crippen LogP contribution in [0.2, 0.25) is 0 Å². The molecule has 0 spiro atoms. The summed E-state index contributed by atoms with van der Waals surface area (Å²) in [7, 11) is -3.74. The maximum Gasteiger partial charge on any atom is 0.264 e. The lowest BCUT2D eigenvalue weighted by atomic mass is 9.46. The van der Waals surface area contributed by atoms with Gasteiger partial charge in [0.25, 0.3) is 10.1 Å². The van der Waals surface area contributed by atoms with Gasteiger partial charge in [-0.3, -0.25) is 13.8 Å². The SMILES string of the molecule is C[C@]12CC[C@@H]3[C@H](CCC4=CC(=O)CC[C@]43C)[C@@H]1CC[C@@]2(O)C(=O)COS(C)(=O)=O. The van der Waals surface area contributed by atoms with E-state index < -0.39 is 33.5 Å². The number of ketones is 2. The first-order valence-corrected chi connectivity index (χ1v) is 12.6. The van der Waals surface area contributed by atoms with Crippen molar-refractivity contribution < 1.29 is 27.3 Å². The highest BCUT2D eigenvalue weighted by Gasteiger charge is 2.66. The molecule has 3 fully saturated rings. The second kappa shape index (κ2) is 6.72. The zero-order chi connectivity index (χ0) is 21.2. The van der Waals surface area contributed by atoms with Gasteiger partial charge in [-0.05, 0) is 74.2 Å². The van der Waals surface area contributed by atoms with Crippen molar-refractivity contribution in [3.05, 3.63) is 11.6 Å². The fraction of sp³-hybridized carbons (Fsp3) is 0.818. The molecule has 0 saturated heterocycles. The molecule has 6 atom stereocenters. The van der Waals surface area contributed by atoms with E-state index in [0.29, 0.717) is 24.7 Å². The van der Waals surface area contributed by atoms with Crippen LogP contribution in [0, 0.1) is 28.6 Å². The number of rotatable bonds is 4. The maximum absolute atomic E-state index is 12.9. The number of carbonyl (C=O) groups is 2. The molecule has 4 rings (SSSR count). The van der Waals surface area contributed by atoms with Gasteiger partial charge in [0, 0.05) is 11.8 Å². The fourth-order valence-electron chi connectivity index (χ4n) is 7.31. The van der Waals surface area contributed by atoms with E-state index in [-0.39, 0.29) is 17.1 Å². The van der Waals surface area contributed by atoms with Crippen molar-refractivity contribution in [2.45, 2.75) is 70.8 Å². The number of fused-ring (bicyclic) bond motifs is 5. The van der Waals surface area contributed by atoms with Crippen LogP contribution in [0.3, 0.4) is 0 Å². The molecule has 0 aliphatic heterocycles. The Morgan fingerprint density at radius 2 is 1.83 bits per heavy atom. The van der Waals surface area contributed by atoms with Gasteiger partial charge in [-0.25, -0.2) is 0 Å². The van der Waals surface area contributed by atoms with Crippen LogP contribution < -0.4 is 0 Å². The monoisotopic (exact) mass is 424 g/mol. The predicted octanol–water partition coefficient (Wildman–Crippen LogP) is 2.79. The van der Waals surface area contributed by atoms with E-state index in [1.54, 1.807) is 0 Å². The number of hydrogen-bond acceptors (Lipinski definition) is 6. The third-order valence-electron chi connectivity index (χ3n) is 8.98. The summed E-state index contributed by atoms with van der Waals surface area (Å²) < 4.78 is 27.3. The van der Waals surface area contributed by atoms with Gasteiger partial charge in [0.1, 0.15) is 12.2 Å². The number of Topliss-reactive ketones (excluding diaryl/α,β-unsaturated/α-hetero) is 1. The second-order valence-corrected chi connectivity index (χ2v) is 11.9. The van der Waals surface area contributed by atoms with Crippen LogP contribution in [-0.2, 0) is 23.9 Å². The molecule has 0 aromatic rings. The van der Waals surface area contributed by atoms with Crippen molar-refractivity contribution in [2.24, 2.45) is 28.6 Å². The molecule has 0 bridgehead atoms. The Kier molecular flexibility index (Phi) is 4.91. The molecule has 3 saturated carbocycles. The Morgan fingerprint density at radius 3 is 2.52 bits per heavy atom. The summed E-state index contributed by atoms with van der Waals surface area (Å²) in [5.74, 6) is 0.838. The quantitative estimate of drug-likeness (QED) is 0.697. The molecule has 0 aromatic heterocycles. The van der Waals surface area contributed by atoms with Gasteiger partial charge in [0.05, 0.1) is 6.26 Å². The van der Waals surface area contributed by atoms with Gasteiger partial charge in [-0.1, -0.05) is 19.4 Å². The number of hydrogen-bond donors (Lipinski definition) is 1. The highest BCUT2D eigenvalue weighted by Crippen LogP contribution is 2.67. The summed E-state index contributed by atoms with van der Waals surface area (Å²) >= 11 is 0. The zero-order valence-electron chi connectivity index (χ0n) is 17.6. The van der Waals surface area contributed by atoms with Crippen LogP contribution >= 0.6 is 0 Å². The molecular weight excluding hydrogens is 392 g/mol. The highest BCUT2D eigenvalue weighted by molar-refractivity contribution is 7.86. The molecule has 0 amide bonds. The summed E-state index contributed by atoms with van der Waals surface area (Å²) in [6.45, 7) is 3.72. The minimum absolute atomic E-state index is 0.0439. The van der Waals surface area contributed by atoms with Crippen LogP contribution in [0.25, 0.3) is 0 Å². The van der Waals surface area contributed by atoms with Crippen LogP contribution in [0.1, 0.15) is 65.2 Å². The van der Waals surface area contributed by atoms with Gasteiger partial charge < -0.3 is 5.11 Å². The summed E-state index contributed by atoms with van der Waals surface area (Å²) in [5.41, 5.74) is -0.756. The van der Waals surface area contributed by atoms with E-state index in [0.717, 1.165) is 44.8 Å². The van der Waals surface area contributed by atoms with Crippen molar-refractivity contribution in [1.29, 1.82) is 0 Å². The van der Waals surface area contributed by atoms with Crippen LogP contribution in [0.5, 0.6) is 0 Å². The van der Waals surface area contributed by atoms with Crippen molar-refractivity contribution in [3.63, 3.8) is 0 Å². The Hall–Kier alpha value is -1.05. The fourth-order valence-corrected chi connectivity index (χ4v) is 7.63. The Morgan fingerprint density at radius 1 is 1.14 bits per heavy atom. The summed E-state index contributed by atoms with van der Waals surface area (Å²) in [6, 6.07) is 0. The average Bonchev–Trinajstić information content (AvgIpc) is 2.92. The minimum atomic E-state index is -3.74. The van der Waals surface area contributed by atoms with E-state index in [1.165, 1.54) is 5.57 Å². The Balaban J connectivity index is 1.60. The minimum Gasteiger partial charge on any atom is -0.381 e. The molecular formula is C22H32O6S. The number of aliphatic hydroxyl groups is 1. The van der Waals surface area contributed by atoms with Crippen LogP contribution in [0.15, 0.2) is 11.6 Å². The number of carbonyl (C=O) groups excluding carboxylic acids is 2. The van der Waals surface area contributed by atoms with Crippen LogP contribution in [-0.4, -0.2) is 43.6 Å². The number of allylic oxidation sites excluding steroid dienone is 1. The topological polar surface area (TPSA) is 97.7 Å². The van der Waals surface area contributed by atoms with E-state index in [2.05, 4.69) is 6.92 Å². The lowest BCUT2D eigenvalue weighted by Gasteiger charge is -2.58. The highest BCUT2D eigenvalue weighted by atomic mass is 32.2. The molecule has 7 heteroatoms. The molecule has 162 valence electrons. The van der Waals surface area contributed by atoms with Crippen molar-refractivity contribution in [3.8, 4) is 0 Å². The first-order chi connectivity index (χ1) is 13.4. The van der Waals surface area contributed by atoms with E-state index in [9.17, 15) is 23.1 Å². The summed E-state index contributed by atoms with van der Waals surface area (Å²) in [5, 5.41) is 11.5. The van der Waals surface area contributed by atoms with E-state index in [4.69, 9.17) is 4.18 Å². The molecule has 1 N–H and O–H groups in total. The summed E-state index contributed by atoms with van der Waals surface area (Å²) in [6.07, 6.45) is 8.99. The molecule has 0 radical (unpaired) electrons. The lowest BCUT2D eigenvalue weighted by Crippen LogP contribution is -2.58. The van der Waals surface area contributed by atoms with Gasteiger partial charge in [-0.2, -0.15) is 8.42 Å². The smallest absolute Gasteiger partial charge is 0.264 e. The third-order valence-corrected chi connectivity index (χ3v) is 9.52. The van der Waals surface area contributed by atoms with Crippen molar-refractivity contribution in [2.75, 3.05) is 12.9 Å². The van der Waals surface area contributed by atoms with Gasteiger partial charge in [-0.15, -0.1) is 0 Å². The second-order valence-electron chi connectivity index (χ2n) is 10.2. The lowest BCUT2D eigenvalue weighted by molar-refractivity contribution is -0.164. The molecule has 0 aromatic carbocycles. The summed E-state index contributed by atoms with van der Waals surface area (Å²) in [4.78, 5) is 24.8. The molecule has 6 nitrogen and oxygen atoms in total. The third kappa shape index (κ3) is 3.15. The van der Waals surface area contributed by atoms with Crippen molar-refractivity contribution >= 4 is 21.7 Å². The Labute approximate surface area is 173 Å². The molecule has 29 heavy (non-hydrogen) atoms. The molecule has 0 unspecified atom stereocenters. The van der Waals surface area contributed by atoms with Gasteiger partial charge in [0.2, 0.25) is 0 Å². The molecule has 0 heterocycles. The zero-order valence-corrected chi connectivity index (χ0v) is 18.4. The standard InChI is InChI=1S/C22H32O6S/c1-20-9-6-15(23)12-14(20)4-5-16-17(20)7-10-21(2)18(16)8-11-22(21,25)19(24)13-28-29(3,26)27/h12,16-18,25H,4-11,13H2,1-3H3/t16-,17+,18-,20+,21-,22+/m0/s1. The van der Waals surface area contributed by atoms with Gasteiger partial charge >= 0.3 is 0 Å². The van der Waals surface area contributed by atoms with Gasteiger partial charge in [0.15, 0.2) is 11.6 Å².